The summed E-state index contributed by atoms with van der Waals surface area (Å²) in [5.41, 5.74) is 0.884. The van der Waals surface area contributed by atoms with Gasteiger partial charge in [-0.3, -0.25) is 4.79 Å². The summed E-state index contributed by atoms with van der Waals surface area (Å²) in [7, 11) is 0. The summed E-state index contributed by atoms with van der Waals surface area (Å²) in [5, 5.41) is 0. The topological polar surface area (TPSA) is 59.1 Å². The Balaban J connectivity index is 1.90. The van der Waals surface area contributed by atoms with E-state index in [-0.39, 0.29) is 12.0 Å². The lowest BCUT2D eigenvalue weighted by molar-refractivity contribution is -0.127. The summed E-state index contributed by atoms with van der Waals surface area (Å²) in [5.74, 6) is 0.717. The monoisotopic (exact) mass is 346 g/mol. The summed E-state index contributed by atoms with van der Waals surface area (Å²) in [6, 6.07) is 7.66. The fourth-order valence-corrected chi connectivity index (χ4v) is 2.55. The van der Waals surface area contributed by atoms with E-state index >= 15 is 0 Å². The Labute approximate surface area is 149 Å². The van der Waals surface area contributed by atoms with Crippen molar-refractivity contribution in [2.45, 2.75) is 20.3 Å². The Morgan fingerprint density at radius 1 is 1.08 bits per heavy atom. The SMILES string of the molecule is CCCOc1ccccc1/C=C/C(=O)N1CCN(C(=O)OCC)CC1. The maximum Gasteiger partial charge on any atom is 0.409 e. The molecule has 1 aromatic carbocycles. The maximum absolute atomic E-state index is 12.4. The predicted molar refractivity (Wildman–Crippen MR) is 96.4 cm³/mol. The summed E-state index contributed by atoms with van der Waals surface area (Å²) in [4.78, 5) is 27.4. The highest BCUT2D eigenvalue weighted by Gasteiger charge is 2.23. The molecule has 1 aliphatic rings. The molecule has 0 bridgehead atoms. The van der Waals surface area contributed by atoms with E-state index in [0.29, 0.717) is 39.4 Å². The second-order valence-electron chi connectivity index (χ2n) is 5.73. The molecule has 0 saturated carbocycles. The molecule has 1 fully saturated rings. The molecule has 1 heterocycles. The molecule has 25 heavy (non-hydrogen) atoms. The van der Waals surface area contributed by atoms with Gasteiger partial charge in [0.2, 0.25) is 5.91 Å². The summed E-state index contributed by atoms with van der Waals surface area (Å²) < 4.78 is 10.7. The van der Waals surface area contributed by atoms with E-state index in [2.05, 4.69) is 6.92 Å². The van der Waals surface area contributed by atoms with Gasteiger partial charge >= 0.3 is 6.09 Å². The van der Waals surface area contributed by atoms with Gasteiger partial charge < -0.3 is 19.3 Å². The molecule has 1 aliphatic heterocycles. The number of nitrogens with zero attached hydrogens (tertiary/aromatic N) is 2. The van der Waals surface area contributed by atoms with Crippen molar-refractivity contribution >= 4 is 18.1 Å². The van der Waals surface area contributed by atoms with Gasteiger partial charge in [-0.15, -0.1) is 0 Å². The van der Waals surface area contributed by atoms with Crippen molar-refractivity contribution in [1.29, 1.82) is 0 Å². The third kappa shape index (κ3) is 5.52. The molecule has 0 spiro atoms. The molecule has 0 radical (unpaired) electrons. The van der Waals surface area contributed by atoms with Crippen LogP contribution in [0.3, 0.4) is 0 Å². The van der Waals surface area contributed by atoms with Gasteiger partial charge in [0.15, 0.2) is 0 Å². The molecule has 1 saturated heterocycles. The molecule has 0 aromatic heterocycles. The zero-order valence-corrected chi connectivity index (χ0v) is 14.9. The van der Waals surface area contributed by atoms with Crippen LogP contribution in [0.1, 0.15) is 25.8 Å². The van der Waals surface area contributed by atoms with E-state index in [4.69, 9.17) is 9.47 Å². The predicted octanol–water partition coefficient (Wildman–Crippen LogP) is 2.79. The first-order chi connectivity index (χ1) is 12.2. The molecule has 2 rings (SSSR count). The lowest BCUT2D eigenvalue weighted by atomic mass is 10.2. The number of hydrogen-bond acceptors (Lipinski definition) is 4. The van der Waals surface area contributed by atoms with Gasteiger partial charge in [0, 0.05) is 37.8 Å². The van der Waals surface area contributed by atoms with Crippen molar-refractivity contribution in [1.82, 2.24) is 9.80 Å². The first-order valence-corrected chi connectivity index (χ1v) is 8.76. The minimum atomic E-state index is -0.313. The standard InChI is InChI=1S/C19H26N2O4/c1-3-15-25-17-8-6-5-7-16(17)9-10-18(22)20-11-13-21(14-12-20)19(23)24-4-2/h5-10H,3-4,11-15H2,1-2H3/b10-9+. The van der Waals surface area contributed by atoms with Crippen molar-refractivity contribution in [3.63, 3.8) is 0 Å². The highest BCUT2D eigenvalue weighted by Crippen LogP contribution is 2.20. The number of carbonyl (C=O) groups excluding carboxylic acids is 2. The number of piperazine rings is 1. The number of carbonyl (C=O) groups is 2. The van der Waals surface area contributed by atoms with Gasteiger partial charge in [0.25, 0.3) is 0 Å². The average molecular weight is 346 g/mol. The van der Waals surface area contributed by atoms with Crippen LogP contribution in [-0.4, -0.2) is 61.2 Å². The van der Waals surface area contributed by atoms with Crippen molar-refractivity contribution in [2.75, 3.05) is 39.4 Å². The fraction of sp³-hybridized carbons (Fsp3) is 0.474. The smallest absolute Gasteiger partial charge is 0.409 e. The minimum Gasteiger partial charge on any atom is -0.493 e. The molecule has 6 heteroatoms. The van der Waals surface area contributed by atoms with Gasteiger partial charge in [-0.2, -0.15) is 0 Å². The highest BCUT2D eigenvalue weighted by molar-refractivity contribution is 5.92. The molecule has 2 amide bonds. The molecular formula is C19H26N2O4. The molecule has 6 nitrogen and oxygen atoms in total. The van der Waals surface area contributed by atoms with E-state index < -0.39 is 0 Å². The van der Waals surface area contributed by atoms with E-state index in [1.54, 1.807) is 28.9 Å². The van der Waals surface area contributed by atoms with Gasteiger partial charge in [0.1, 0.15) is 5.75 Å². The first kappa shape index (κ1) is 18.8. The van der Waals surface area contributed by atoms with Gasteiger partial charge in [-0.25, -0.2) is 4.79 Å². The highest BCUT2D eigenvalue weighted by atomic mass is 16.6. The van der Waals surface area contributed by atoms with Crippen molar-refractivity contribution in [3.05, 3.63) is 35.9 Å². The van der Waals surface area contributed by atoms with E-state index in [1.807, 2.05) is 24.3 Å². The second-order valence-corrected chi connectivity index (χ2v) is 5.73. The quantitative estimate of drug-likeness (QED) is 0.743. The number of para-hydroxylation sites is 1. The first-order valence-electron chi connectivity index (χ1n) is 8.76. The maximum atomic E-state index is 12.4. The third-order valence-electron chi connectivity index (χ3n) is 3.90. The summed E-state index contributed by atoms with van der Waals surface area (Å²) >= 11 is 0. The molecule has 0 atom stereocenters. The van der Waals surface area contributed by atoms with Gasteiger partial charge in [-0.05, 0) is 25.5 Å². The van der Waals surface area contributed by atoms with E-state index in [0.717, 1.165) is 17.7 Å². The number of rotatable bonds is 6. The van der Waals surface area contributed by atoms with Crippen molar-refractivity contribution in [3.8, 4) is 5.75 Å². The lowest BCUT2D eigenvalue weighted by Crippen LogP contribution is -2.50. The summed E-state index contributed by atoms with van der Waals surface area (Å²) in [6.45, 7) is 6.85. The number of ether oxygens (including phenoxy) is 2. The van der Waals surface area contributed by atoms with Crippen LogP contribution in [0.15, 0.2) is 30.3 Å². The van der Waals surface area contributed by atoms with Crippen LogP contribution in [-0.2, 0) is 9.53 Å². The van der Waals surface area contributed by atoms with Crippen molar-refractivity contribution < 1.29 is 19.1 Å². The Kier molecular flexibility index (Phi) is 7.32. The van der Waals surface area contributed by atoms with Crippen LogP contribution in [0.5, 0.6) is 5.75 Å². The van der Waals surface area contributed by atoms with E-state index in [9.17, 15) is 9.59 Å². The zero-order chi connectivity index (χ0) is 18.1. The summed E-state index contributed by atoms with van der Waals surface area (Å²) in [6.07, 6.45) is 3.97. The number of benzene rings is 1. The Morgan fingerprint density at radius 2 is 1.76 bits per heavy atom. The van der Waals surface area contributed by atoms with Crippen LogP contribution < -0.4 is 4.74 Å². The molecule has 0 N–H and O–H groups in total. The fourth-order valence-electron chi connectivity index (χ4n) is 2.55. The van der Waals surface area contributed by atoms with Gasteiger partial charge in [-0.1, -0.05) is 25.1 Å². The number of hydrogen-bond donors (Lipinski definition) is 0. The van der Waals surface area contributed by atoms with Gasteiger partial charge in [0.05, 0.1) is 13.2 Å². The molecular weight excluding hydrogens is 320 g/mol. The average Bonchev–Trinajstić information content (AvgIpc) is 2.65. The molecule has 1 aromatic rings. The molecule has 0 aliphatic carbocycles. The number of amides is 2. The molecule has 0 unspecified atom stereocenters. The lowest BCUT2D eigenvalue weighted by Gasteiger charge is -2.33. The van der Waals surface area contributed by atoms with Crippen LogP contribution in [0.25, 0.3) is 6.08 Å². The third-order valence-corrected chi connectivity index (χ3v) is 3.90. The normalized spacial score (nSPS) is 14.6. The minimum absolute atomic E-state index is 0.0613. The van der Waals surface area contributed by atoms with Crippen LogP contribution in [0.2, 0.25) is 0 Å². The van der Waals surface area contributed by atoms with Crippen LogP contribution >= 0.6 is 0 Å². The largest absolute Gasteiger partial charge is 0.493 e. The van der Waals surface area contributed by atoms with Crippen LogP contribution in [0, 0.1) is 0 Å². The Morgan fingerprint density at radius 3 is 2.44 bits per heavy atom. The Hall–Kier alpha value is -2.50. The molecule has 136 valence electrons. The second kappa shape index (κ2) is 9.71. The van der Waals surface area contributed by atoms with Crippen molar-refractivity contribution in [2.24, 2.45) is 0 Å². The Bertz CT molecular complexity index is 607. The zero-order valence-electron chi connectivity index (χ0n) is 14.9. The van der Waals surface area contributed by atoms with Crippen LogP contribution in [0.4, 0.5) is 4.79 Å². The van der Waals surface area contributed by atoms with E-state index in [1.165, 1.54) is 0 Å².